The molecule has 10 heteroatoms. The Labute approximate surface area is 221 Å². The fourth-order valence-corrected chi connectivity index (χ4v) is 5.92. The van der Waals surface area contributed by atoms with Crippen molar-refractivity contribution in [1.29, 1.82) is 0 Å². The highest BCUT2D eigenvalue weighted by atomic mass is 16.7. The van der Waals surface area contributed by atoms with Gasteiger partial charge in [0.2, 0.25) is 12.7 Å². The van der Waals surface area contributed by atoms with Crippen molar-refractivity contribution in [2.75, 3.05) is 18.7 Å². The van der Waals surface area contributed by atoms with Crippen LogP contribution in [0.2, 0.25) is 0 Å². The van der Waals surface area contributed by atoms with E-state index in [9.17, 15) is 14.7 Å². The average Bonchev–Trinajstić information content (AvgIpc) is 3.67. The Bertz CT molecular complexity index is 1200. The minimum atomic E-state index is -0.546. The van der Waals surface area contributed by atoms with Gasteiger partial charge in [0.1, 0.15) is 18.0 Å². The zero-order chi connectivity index (χ0) is 26.1. The van der Waals surface area contributed by atoms with E-state index in [2.05, 4.69) is 16.0 Å². The number of benzene rings is 2. The summed E-state index contributed by atoms with van der Waals surface area (Å²) in [6, 6.07) is 11.2. The van der Waals surface area contributed by atoms with Crippen LogP contribution in [-0.4, -0.2) is 54.8 Å². The van der Waals surface area contributed by atoms with Crippen molar-refractivity contribution in [1.82, 2.24) is 10.6 Å². The summed E-state index contributed by atoms with van der Waals surface area (Å²) in [6.07, 6.45) is 3.81. The SMILES string of the molecule is O=C(C[C@@H]1C[C@@H]2c3cc(NC(=O)NC4CCCC4)ccc3O[C@@H]2[C@@H](CO)O1)NCc1ccc2c(c1)OCO2. The quantitative estimate of drug-likeness (QED) is 0.439. The molecule has 0 bridgehead atoms. The second kappa shape index (κ2) is 10.7. The minimum absolute atomic E-state index is 0.0535. The first-order valence-electron chi connectivity index (χ1n) is 13.4. The van der Waals surface area contributed by atoms with E-state index in [-0.39, 0.29) is 55.9 Å². The molecule has 10 nitrogen and oxygen atoms in total. The highest BCUT2D eigenvalue weighted by Crippen LogP contribution is 2.47. The molecule has 202 valence electrons. The van der Waals surface area contributed by atoms with Gasteiger partial charge >= 0.3 is 6.03 Å². The number of fused-ring (bicyclic) bond motifs is 4. The highest BCUT2D eigenvalue weighted by Gasteiger charge is 2.46. The number of aliphatic hydroxyl groups excluding tert-OH is 1. The van der Waals surface area contributed by atoms with E-state index >= 15 is 0 Å². The lowest BCUT2D eigenvalue weighted by Gasteiger charge is -2.37. The number of aliphatic hydroxyl groups is 1. The van der Waals surface area contributed by atoms with Crippen molar-refractivity contribution < 1.29 is 33.6 Å². The number of anilines is 1. The largest absolute Gasteiger partial charge is 0.487 e. The number of hydrogen-bond donors (Lipinski definition) is 4. The van der Waals surface area contributed by atoms with E-state index in [4.69, 9.17) is 18.9 Å². The molecule has 6 rings (SSSR count). The molecule has 2 aromatic carbocycles. The number of urea groups is 1. The first-order valence-corrected chi connectivity index (χ1v) is 13.4. The van der Waals surface area contributed by atoms with Gasteiger partial charge in [-0.25, -0.2) is 4.79 Å². The Morgan fingerprint density at radius 2 is 1.82 bits per heavy atom. The molecule has 4 atom stereocenters. The van der Waals surface area contributed by atoms with Crippen molar-refractivity contribution in [3.8, 4) is 17.2 Å². The maximum atomic E-state index is 12.8. The van der Waals surface area contributed by atoms with Crippen molar-refractivity contribution in [2.24, 2.45) is 0 Å². The molecule has 3 aliphatic heterocycles. The van der Waals surface area contributed by atoms with Crippen LogP contribution in [0.15, 0.2) is 36.4 Å². The van der Waals surface area contributed by atoms with Gasteiger partial charge in [0.15, 0.2) is 11.5 Å². The van der Waals surface area contributed by atoms with Crippen LogP contribution in [0.5, 0.6) is 17.2 Å². The monoisotopic (exact) mass is 523 g/mol. The van der Waals surface area contributed by atoms with Gasteiger partial charge in [-0.15, -0.1) is 0 Å². The molecule has 3 heterocycles. The van der Waals surface area contributed by atoms with Crippen LogP contribution in [0.1, 0.15) is 55.6 Å². The number of hydrogen-bond acceptors (Lipinski definition) is 7. The van der Waals surface area contributed by atoms with Crippen LogP contribution in [0.4, 0.5) is 10.5 Å². The lowest BCUT2D eigenvalue weighted by Crippen LogP contribution is -2.47. The zero-order valence-electron chi connectivity index (χ0n) is 21.1. The molecule has 38 heavy (non-hydrogen) atoms. The Balaban J connectivity index is 1.08. The smallest absolute Gasteiger partial charge is 0.319 e. The van der Waals surface area contributed by atoms with E-state index < -0.39 is 6.10 Å². The molecule has 4 aliphatic rings. The lowest BCUT2D eigenvalue weighted by molar-refractivity contribution is -0.142. The van der Waals surface area contributed by atoms with Crippen LogP contribution < -0.4 is 30.2 Å². The van der Waals surface area contributed by atoms with Crippen molar-refractivity contribution in [3.05, 3.63) is 47.5 Å². The standard InChI is InChI=1S/C28H33N3O7/c32-14-25-27-21(20-10-18(6-8-22(20)38-27)31-28(34)30-17-3-1-2-4-17)11-19(37-25)12-26(33)29-13-16-5-7-23-24(9-16)36-15-35-23/h5-10,17,19,21,25,27,32H,1-4,11-15H2,(H,29,33)(H2,30,31,34)/t19-,21+,25+,27-/m0/s1. The Morgan fingerprint density at radius 3 is 2.66 bits per heavy atom. The average molecular weight is 524 g/mol. The lowest BCUT2D eigenvalue weighted by atomic mass is 9.84. The summed E-state index contributed by atoms with van der Waals surface area (Å²) < 4.78 is 23.0. The van der Waals surface area contributed by atoms with E-state index in [1.165, 1.54) is 0 Å². The van der Waals surface area contributed by atoms with Crippen LogP contribution in [0.25, 0.3) is 0 Å². The van der Waals surface area contributed by atoms with E-state index in [1.807, 2.05) is 36.4 Å². The number of carbonyl (C=O) groups is 2. The molecule has 1 saturated carbocycles. The van der Waals surface area contributed by atoms with Crippen molar-refractivity contribution in [2.45, 2.75) is 75.3 Å². The Kier molecular flexibility index (Phi) is 6.99. The summed E-state index contributed by atoms with van der Waals surface area (Å²) in [7, 11) is 0. The molecule has 0 spiro atoms. The van der Waals surface area contributed by atoms with Gasteiger partial charge in [-0.05, 0) is 55.2 Å². The number of rotatable bonds is 7. The molecule has 2 aromatic rings. The molecular weight excluding hydrogens is 490 g/mol. The van der Waals surface area contributed by atoms with Crippen LogP contribution in [-0.2, 0) is 16.1 Å². The summed E-state index contributed by atoms with van der Waals surface area (Å²) in [5.74, 6) is 1.90. The Hall–Kier alpha value is -3.50. The summed E-state index contributed by atoms with van der Waals surface area (Å²) >= 11 is 0. The molecule has 4 N–H and O–H groups in total. The fraction of sp³-hybridized carbons (Fsp3) is 0.500. The van der Waals surface area contributed by atoms with Crippen molar-refractivity contribution in [3.63, 3.8) is 0 Å². The first kappa shape index (κ1) is 24.8. The van der Waals surface area contributed by atoms with E-state index in [0.717, 1.165) is 42.6 Å². The second-order valence-corrected chi connectivity index (χ2v) is 10.4. The van der Waals surface area contributed by atoms with E-state index in [1.54, 1.807) is 0 Å². The van der Waals surface area contributed by atoms with Gasteiger partial charge in [-0.1, -0.05) is 18.9 Å². The molecule has 3 amide bonds. The van der Waals surface area contributed by atoms with E-state index in [0.29, 0.717) is 30.2 Å². The predicted molar refractivity (Wildman–Crippen MR) is 137 cm³/mol. The second-order valence-electron chi connectivity index (χ2n) is 10.4. The maximum Gasteiger partial charge on any atom is 0.319 e. The van der Waals surface area contributed by atoms with Crippen LogP contribution in [0, 0.1) is 0 Å². The third-order valence-corrected chi connectivity index (χ3v) is 7.79. The van der Waals surface area contributed by atoms with Gasteiger partial charge in [-0.2, -0.15) is 0 Å². The molecule has 2 fully saturated rings. The third-order valence-electron chi connectivity index (χ3n) is 7.79. The predicted octanol–water partition coefficient (Wildman–Crippen LogP) is 3.18. The van der Waals surface area contributed by atoms with Gasteiger partial charge in [0.25, 0.3) is 0 Å². The Morgan fingerprint density at radius 1 is 1.00 bits per heavy atom. The molecular formula is C28H33N3O7. The number of amides is 3. The normalized spacial score (nSPS) is 25.3. The molecule has 1 saturated heterocycles. The topological polar surface area (TPSA) is 127 Å². The zero-order valence-corrected chi connectivity index (χ0v) is 21.1. The van der Waals surface area contributed by atoms with Crippen LogP contribution >= 0.6 is 0 Å². The molecule has 0 radical (unpaired) electrons. The van der Waals surface area contributed by atoms with Gasteiger partial charge < -0.3 is 40.0 Å². The minimum Gasteiger partial charge on any atom is -0.487 e. The molecule has 0 aromatic heterocycles. The van der Waals surface area contributed by atoms with Gasteiger partial charge in [0.05, 0.1) is 19.1 Å². The molecule has 0 unspecified atom stereocenters. The number of ether oxygens (including phenoxy) is 4. The maximum absolute atomic E-state index is 12.8. The molecule has 1 aliphatic carbocycles. The van der Waals surface area contributed by atoms with Crippen LogP contribution in [0.3, 0.4) is 0 Å². The highest BCUT2D eigenvalue weighted by molar-refractivity contribution is 5.89. The summed E-state index contributed by atoms with van der Waals surface area (Å²) in [4.78, 5) is 25.3. The number of carbonyl (C=O) groups excluding carboxylic acids is 2. The summed E-state index contributed by atoms with van der Waals surface area (Å²) in [5.41, 5.74) is 2.56. The fourth-order valence-electron chi connectivity index (χ4n) is 5.92. The summed E-state index contributed by atoms with van der Waals surface area (Å²) in [6.45, 7) is 0.358. The first-order chi connectivity index (χ1) is 18.6. The van der Waals surface area contributed by atoms with Crippen molar-refractivity contribution >= 4 is 17.6 Å². The summed E-state index contributed by atoms with van der Waals surface area (Å²) in [5, 5.41) is 18.9. The van der Waals surface area contributed by atoms with Gasteiger partial charge in [0, 0.05) is 29.8 Å². The van der Waals surface area contributed by atoms with Gasteiger partial charge in [-0.3, -0.25) is 4.79 Å². The third kappa shape index (κ3) is 5.23. The number of nitrogens with one attached hydrogen (secondary N) is 3.